The lowest BCUT2D eigenvalue weighted by Crippen LogP contribution is -2.25. The zero-order chi connectivity index (χ0) is 17.6. The predicted molar refractivity (Wildman–Crippen MR) is 104 cm³/mol. The highest BCUT2D eigenvalue weighted by atomic mass is 35.5. The van der Waals surface area contributed by atoms with Gasteiger partial charge in [-0.2, -0.15) is 0 Å². The maximum atomic E-state index is 12.2. The third kappa shape index (κ3) is 4.81. The number of carbonyl (C=O) groups is 1. The summed E-state index contributed by atoms with van der Waals surface area (Å²) in [6, 6.07) is 15.6. The van der Waals surface area contributed by atoms with E-state index in [9.17, 15) is 4.79 Å². The summed E-state index contributed by atoms with van der Waals surface area (Å²) in [6.07, 6.45) is 0.751. The molecule has 0 fully saturated rings. The molecule has 1 aromatic heterocycles. The number of hydrogen-bond acceptors (Lipinski definition) is 4. The Morgan fingerprint density at radius 2 is 1.92 bits per heavy atom. The summed E-state index contributed by atoms with van der Waals surface area (Å²) in [5, 5.41) is 9.32. The first-order valence-corrected chi connectivity index (χ1v) is 9.18. The highest BCUT2D eigenvalue weighted by Crippen LogP contribution is 2.23. The van der Waals surface area contributed by atoms with Crippen LogP contribution < -0.4 is 10.6 Å². The van der Waals surface area contributed by atoms with Crippen molar-refractivity contribution in [1.82, 2.24) is 10.3 Å². The normalized spacial score (nSPS) is 10.5. The number of nitrogens with one attached hydrogen (secondary N) is 2. The Morgan fingerprint density at radius 1 is 1.16 bits per heavy atom. The number of aryl methyl sites for hydroxylation is 1. The molecule has 0 aliphatic heterocycles. The lowest BCUT2D eigenvalue weighted by atomic mass is 10.1. The molecule has 0 unspecified atom stereocenters. The van der Waals surface area contributed by atoms with Crippen molar-refractivity contribution in [3.63, 3.8) is 0 Å². The SMILES string of the molecule is Cc1ccccc1Nc1nc(C(=O)NCCc2ccc(Cl)cc2)cs1. The summed E-state index contributed by atoms with van der Waals surface area (Å²) < 4.78 is 0. The molecule has 25 heavy (non-hydrogen) atoms. The monoisotopic (exact) mass is 371 g/mol. The van der Waals surface area contributed by atoms with Crippen LogP contribution in [-0.4, -0.2) is 17.4 Å². The highest BCUT2D eigenvalue weighted by Gasteiger charge is 2.11. The van der Waals surface area contributed by atoms with Gasteiger partial charge in [0, 0.05) is 22.6 Å². The zero-order valence-corrected chi connectivity index (χ0v) is 15.3. The van der Waals surface area contributed by atoms with E-state index in [4.69, 9.17) is 11.6 Å². The number of rotatable bonds is 6. The molecule has 0 bridgehead atoms. The molecule has 0 saturated heterocycles. The van der Waals surface area contributed by atoms with Gasteiger partial charge < -0.3 is 10.6 Å². The number of para-hydroxylation sites is 1. The number of hydrogen-bond donors (Lipinski definition) is 2. The van der Waals surface area contributed by atoms with Crippen molar-refractivity contribution in [2.45, 2.75) is 13.3 Å². The zero-order valence-electron chi connectivity index (χ0n) is 13.8. The van der Waals surface area contributed by atoms with Crippen LogP contribution >= 0.6 is 22.9 Å². The summed E-state index contributed by atoms with van der Waals surface area (Å²) in [6.45, 7) is 2.58. The second-order valence-electron chi connectivity index (χ2n) is 5.61. The summed E-state index contributed by atoms with van der Waals surface area (Å²) in [4.78, 5) is 16.6. The second kappa shape index (κ2) is 8.14. The third-order valence-electron chi connectivity index (χ3n) is 3.74. The van der Waals surface area contributed by atoms with Gasteiger partial charge in [0.1, 0.15) is 5.69 Å². The van der Waals surface area contributed by atoms with E-state index >= 15 is 0 Å². The minimum absolute atomic E-state index is 0.164. The number of halogens is 1. The maximum Gasteiger partial charge on any atom is 0.270 e. The summed E-state index contributed by atoms with van der Waals surface area (Å²) in [5.74, 6) is -0.164. The topological polar surface area (TPSA) is 54.0 Å². The van der Waals surface area contributed by atoms with Crippen LogP contribution in [0.3, 0.4) is 0 Å². The molecule has 0 aliphatic carbocycles. The lowest BCUT2D eigenvalue weighted by Gasteiger charge is -2.05. The molecule has 0 radical (unpaired) electrons. The largest absolute Gasteiger partial charge is 0.350 e. The molecule has 128 valence electrons. The summed E-state index contributed by atoms with van der Waals surface area (Å²) >= 11 is 7.28. The fourth-order valence-electron chi connectivity index (χ4n) is 2.33. The van der Waals surface area contributed by atoms with Crippen LogP contribution in [0.4, 0.5) is 10.8 Å². The van der Waals surface area contributed by atoms with Gasteiger partial charge in [0.25, 0.3) is 5.91 Å². The number of amides is 1. The average Bonchev–Trinajstić information content (AvgIpc) is 3.07. The molecule has 2 aromatic carbocycles. The van der Waals surface area contributed by atoms with E-state index in [0.29, 0.717) is 22.4 Å². The van der Waals surface area contributed by atoms with Crippen LogP contribution in [0.15, 0.2) is 53.9 Å². The Kier molecular flexibility index (Phi) is 5.68. The van der Waals surface area contributed by atoms with Crippen LogP contribution in [-0.2, 0) is 6.42 Å². The van der Waals surface area contributed by atoms with Crippen molar-refractivity contribution in [3.8, 4) is 0 Å². The van der Waals surface area contributed by atoms with E-state index in [0.717, 1.165) is 23.2 Å². The number of carbonyl (C=O) groups excluding carboxylic acids is 1. The molecular formula is C19H18ClN3OS. The lowest BCUT2D eigenvalue weighted by molar-refractivity contribution is 0.0950. The molecule has 0 spiro atoms. The first kappa shape index (κ1) is 17.5. The van der Waals surface area contributed by atoms with E-state index in [1.54, 1.807) is 5.38 Å². The smallest absolute Gasteiger partial charge is 0.270 e. The van der Waals surface area contributed by atoms with E-state index < -0.39 is 0 Å². The molecule has 6 heteroatoms. The number of benzene rings is 2. The predicted octanol–water partition coefficient (Wildman–Crippen LogP) is 4.82. The van der Waals surface area contributed by atoms with Gasteiger partial charge in [-0.1, -0.05) is 41.9 Å². The fourth-order valence-corrected chi connectivity index (χ4v) is 3.15. The second-order valence-corrected chi connectivity index (χ2v) is 6.90. The van der Waals surface area contributed by atoms with Crippen LogP contribution in [0.2, 0.25) is 5.02 Å². The molecule has 3 aromatic rings. The van der Waals surface area contributed by atoms with Crippen molar-refractivity contribution >= 4 is 39.7 Å². The number of aromatic nitrogens is 1. The fraction of sp³-hybridized carbons (Fsp3) is 0.158. The van der Waals surface area contributed by atoms with Gasteiger partial charge in [0.05, 0.1) is 0 Å². The molecule has 0 atom stereocenters. The van der Waals surface area contributed by atoms with Crippen molar-refractivity contribution < 1.29 is 4.79 Å². The highest BCUT2D eigenvalue weighted by molar-refractivity contribution is 7.14. The maximum absolute atomic E-state index is 12.2. The molecule has 4 nitrogen and oxygen atoms in total. The Hall–Kier alpha value is -2.37. The summed E-state index contributed by atoms with van der Waals surface area (Å²) in [5.41, 5.74) is 3.68. The van der Waals surface area contributed by atoms with Gasteiger partial charge in [-0.3, -0.25) is 4.79 Å². The Labute approximate surface area is 155 Å². The van der Waals surface area contributed by atoms with Crippen molar-refractivity contribution in [2.24, 2.45) is 0 Å². The van der Waals surface area contributed by atoms with E-state index in [1.807, 2.05) is 55.5 Å². The summed E-state index contributed by atoms with van der Waals surface area (Å²) in [7, 11) is 0. The molecule has 2 N–H and O–H groups in total. The molecule has 1 amide bonds. The Bertz CT molecular complexity index is 861. The van der Waals surface area contributed by atoms with E-state index in [2.05, 4.69) is 15.6 Å². The van der Waals surface area contributed by atoms with E-state index in [1.165, 1.54) is 11.3 Å². The first-order chi connectivity index (χ1) is 12.1. The molecular weight excluding hydrogens is 354 g/mol. The van der Waals surface area contributed by atoms with Crippen LogP contribution in [0.5, 0.6) is 0 Å². The third-order valence-corrected chi connectivity index (χ3v) is 4.75. The van der Waals surface area contributed by atoms with Crippen LogP contribution in [0, 0.1) is 6.92 Å². The van der Waals surface area contributed by atoms with Gasteiger partial charge >= 0.3 is 0 Å². The average molecular weight is 372 g/mol. The van der Waals surface area contributed by atoms with Gasteiger partial charge in [-0.05, 0) is 42.7 Å². The van der Waals surface area contributed by atoms with E-state index in [-0.39, 0.29) is 5.91 Å². The van der Waals surface area contributed by atoms with Crippen molar-refractivity contribution in [3.05, 3.63) is 75.8 Å². The first-order valence-electron chi connectivity index (χ1n) is 7.92. The molecule has 1 heterocycles. The minimum atomic E-state index is -0.164. The molecule has 0 saturated carbocycles. The van der Waals surface area contributed by atoms with Gasteiger partial charge in [0.15, 0.2) is 5.13 Å². The Morgan fingerprint density at radius 3 is 2.68 bits per heavy atom. The van der Waals surface area contributed by atoms with Crippen molar-refractivity contribution in [2.75, 3.05) is 11.9 Å². The van der Waals surface area contributed by atoms with Crippen molar-refractivity contribution in [1.29, 1.82) is 0 Å². The van der Waals surface area contributed by atoms with Crippen LogP contribution in [0.1, 0.15) is 21.6 Å². The standard InChI is InChI=1S/C19H18ClN3OS/c1-13-4-2-3-5-16(13)22-19-23-17(12-25-19)18(24)21-11-10-14-6-8-15(20)9-7-14/h2-9,12H,10-11H2,1H3,(H,21,24)(H,22,23). The number of anilines is 2. The molecule has 0 aliphatic rings. The number of nitrogens with zero attached hydrogens (tertiary/aromatic N) is 1. The Balaban J connectivity index is 1.53. The molecule has 3 rings (SSSR count). The minimum Gasteiger partial charge on any atom is -0.350 e. The number of thiazole rings is 1. The van der Waals surface area contributed by atoms with Gasteiger partial charge in [0.2, 0.25) is 0 Å². The van der Waals surface area contributed by atoms with Crippen LogP contribution in [0.25, 0.3) is 0 Å². The van der Waals surface area contributed by atoms with Gasteiger partial charge in [-0.25, -0.2) is 4.98 Å². The quantitative estimate of drug-likeness (QED) is 0.653. The van der Waals surface area contributed by atoms with Gasteiger partial charge in [-0.15, -0.1) is 11.3 Å².